The fourth-order valence-corrected chi connectivity index (χ4v) is 9.08. The summed E-state index contributed by atoms with van der Waals surface area (Å²) < 4.78 is 19.1. The third-order valence-corrected chi connectivity index (χ3v) is 7.99. The Hall–Kier alpha value is 0.407. The third kappa shape index (κ3) is 11.9. The molecule has 4 nitrogen and oxygen atoms in total. The monoisotopic (exact) mass is 351 g/mol. The van der Waals surface area contributed by atoms with Crippen LogP contribution in [0, 0.1) is 0 Å². The summed E-state index contributed by atoms with van der Waals surface area (Å²) in [5, 5.41) is 0. The zero-order chi connectivity index (χ0) is 18.0. The van der Waals surface area contributed by atoms with Gasteiger partial charge in [-0.3, -0.25) is 0 Å². The molecule has 0 radical (unpaired) electrons. The van der Waals surface area contributed by atoms with E-state index in [1.54, 1.807) is 11.2 Å². The summed E-state index contributed by atoms with van der Waals surface area (Å²) in [5.41, 5.74) is 4.80. The molecule has 22 heavy (non-hydrogen) atoms. The van der Waals surface area contributed by atoms with Gasteiger partial charge in [-0.15, -0.1) is 0 Å². The summed E-state index contributed by atoms with van der Waals surface area (Å²) in [5.74, 6) is 0.710. The lowest BCUT2D eigenvalue weighted by Crippen LogP contribution is -2.56. The van der Waals surface area contributed by atoms with E-state index >= 15 is 0 Å². The molecule has 0 aromatic rings. The molecule has 0 aromatic heterocycles. The molecule has 134 valence electrons. The molecule has 6 heteroatoms. The predicted octanol–water partition coefficient (Wildman–Crippen LogP) is 4.34. The Kier molecular flexibility index (Phi) is 7.24. The number of hydrogen-bond acceptors (Lipinski definition) is 5. The normalized spacial score (nSPS) is 15.3. The average molecular weight is 352 g/mol. The number of nitrogens with two attached hydrogens (primary N) is 1. The van der Waals surface area contributed by atoms with Crippen molar-refractivity contribution in [2.24, 2.45) is 5.73 Å². The second-order valence-corrected chi connectivity index (χ2v) is 14.0. The molecule has 2 N–H and O–H groups in total. The molecule has 0 aliphatic heterocycles. The van der Waals surface area contributed by atoms with Crippen LogP contribution in [0.5, 0.6) is 0 Å². The van der Waals surface area contributed by atoms with Crippen molar-refractivity contribution in [1.29, 1.82) is 0 Å². The maximum atomic E-state index is 6.37. The molecule has 0 aliphatic rings. The fraction of sp³-hybridized carbons (Fsp3) is 1.00. The molecule has 0 unspecified atom stereocenters. The van der Waals surface area contributed by atoms with Crippen molar-refractivity contribution >= 4 is 19.2 Å². The summed E-state index contributed by atoms with van der Waals surface area (Å²) in [6, 6.07) is 0. The van der Waals surface area contributed by atoms with Crippen LogP contribution < -0.4 is 5.73 Å². The van der Waals surface area contributed by atoms with Crippen LogP contribution in [0.3, 0.4) is 0 Å². The van der Waals surface area contributed by atoms with Crippen LogP contribution in [0.2, 0.25) is 0 Å². The van der Waals surface area contributed by atoms with Crippen molar-refractivity contribution in [3.05, 3.63) is 0 Å². The summed E-state index contributed by atoms with van der Waals surface area (Å²) in [7, 11) is -2.97. The fourth-order valence-electron chi connectivity index (χ4n) is 1.55. The third-order valence-electron chi connectivity index (χ3n) is 1.91. The van der Waals surface area contributed by atoms with E-state index in [-0.39, 0.29) is 22.3 Å². The van der Waals surface area contributed by atoms with Crippen molar-refractivity contribution in [3.8, 4) is 0 Å². The van der Waals surface area contributed by atoms with E-state index in [1.807, 2.05) is 76.2 Å². The van der Waals surface area contributed by atoms with E-state index < -0.39 is 7.95 Å². The average Bonchev–Trinajstić information content (AvgIpc) is 2.04. The van der Waals surface area contributed by atoms with Gasteiger partial charge in [-0.05, 0) is 76.2 Å². The zero-order valence-electron chi connectivity index (χ0n) is 16.4. The van der Waals surface area contributed by atoms with Crippen LogP contribution in [0.4, 0.5) is 0 Å². The van der Waals surface area contributed by atoms with Gasteiger partial charge in [0, 0.05) is 11.3 Å². The topological polar surface area (TPSA) is 53.7 Å². The Morgan fingerprint density at radius 1 is 0.682 bits per heavy atom. The van der Waals surface area contributed by atoms with E-state index in [1.165, 1.54) is 0 Å². The highest BCUT2D eigenvalue weighted by molar-refractivity contribution is 8.26. The van der Waals surface area contributed by atoms with Gasteiger partial charge in [0.1, 0.15) is 0 Å². The molecular formula is C16H37NO3SSi. The van der Waals surface area contributed by atoms with Crippen LogP contribution >= 0.6 is 11.2 Å². The molecule has 0 saturated carbocycles. The van der Waals surface area contributed by atoms with Gasteiger partial charge in [0.25, 0.3) is 0 Å². The van der Waals surface area contributed by atoms with Gasteiger partial charge in [0.2, 0.25) is 0 Å². The Balaban J connectivity index is 5.58. The number of hydrogen-bond donors (Lipinski definition) is 1. The summed E-state index contributed by atoms with van der Waals surface area (Å²) in [6.45, 7) is 22.3. The second kappa shape index (κ2) is 7.11. The van der Waals surface area contributed by atoms with E-state index in [0.29, 0.717) is 5.75 Å². The van der Waals surface area contributed by atoms with Gasteiger partial charge >= 0.3 is 7.95 Å². The molecule has 0 saturated heterocycles. The van der Waals surface area contributed by atoms with Crippen LogP contribution in [0.15, 0.2) is 0 Å². The van der Waals surface area contributed by atoms with Gasteiger partial charge in [0.05, 0.1) is 16.8 Å². The first-order valence-electron chi connectivity index (χ1n) is 7.86. The first-order valence-corrected chi connectivity index (χ1v) is 11.3. The predicted molar refractivity (Wildman–Crippen MR) is 99.0 cm³/mol. The first-order chi connectivity index (χ1) is 9.33. The summed E-state index contributed by atoms with van der Waals surface area (Å²) >= 11 is 1.60. The van der Waals surface area contributed by atoms with Crippen LogP contribution in [-0.2, 0) is 13.3 Å². The van der Waals surface area contributed by atoms with Crippen LogP contribution in [-0.4, -0.2) is 36.0 Å². The molecule has 0 spiro atoms. The van der Waals surface area contributed by atoms with Crippen molar-refractivity contribution in [1.82, 2.24) is 0 Å². The SMILES string of the molecule is CC(C)(N)CS[Si](OC(C)(C)C)(OC(C)(C)C)OC(C)(C)C. The molecule has 0 heterocycles. The maximum Gasteiger partial charge on any atom is 0.574 e. The minimum atomic E-state index is -2.97. The molecule has 0 atom stereocenters. The second-order valence-electron chi connectivity index (χ2n) is 9.42. The van der Waals surface area contributed by atoms with E-state index in [2.05, 4.69) is 0 Å². The van der Waals surface area contributed by atoms with Gasteiger partial charge in [-0.25, -0.2) is 0 Å². The summed E-state index contributed by atoms with van der Waals surface area (Å²) in [6.07, 6.45) is 0. The van der Waals surface area contributed by atoms with Crippen molar-refractivity contribution in [2.75, 3.05) is 5.75 Å². The molecule has 0 amide bonds. The van der Waals surface area contributed by atoms with E-state index in [4.69, 9.17) is 19.0 Å². The van der Waals surface area contributed by atoms with Gasteiger partial charge in [-0.2, -0.15) is 0 Å². The van der Waals surface area contributed by atoms with Gasteiger partial charge in [0.15, 0.2) is 0 Å². The maximum absolute atomic E-state index is 6.37. The Morgan fingerprint density at radius 3 is 1.14 bits per heavy atom. The molecule has 0 aromatic carbocycles. The molecule has 0 aliphatic carbocycles. The summed E-state index contributed by atoms with van der Waals surface area (Å²) in [4.78, 5) is 0. The largest absolute Gasteiger partial charge is 0.574 e. The van der Waals surface area contributed by atoms with E-state index in [0.717, 1.165) is 0 Å². The lowest BCUT2D eigenvalue weighted by atomic mass is 10.1. The quantitative estimate of drug-likeness (QED) is 0.722. The Bertz CT molecular complexity index is 308. The molecule has 0 rings (SSSR count). The van der Waals surface area contributed by atoms with Gasteiger partial charge < -0.3 is 19.0 Å². The lowest BCUT2D eigenvalue weighted by Gasteiger charge is -2.42. The molecular weight excluding hydrogens is 314 g/mol. The smallest absolute Gasteiger partial charge is 0.360 e. The molecule has 0 bridgehead atoms. The highest BCUT2D eigenvalue weighted by Crippen LogP contribution is 2.37. The van der Waals surface area contributed by atoms with Crippen molar-refractivity contribution in [2.45, 2.75) is 98.5 Å². The Labute approximate surface area is 142 Å². The Morgan fingerprint density at radius 2 is 0.955 bits per heavy atom. The first kappa shape index (κ1) is 22.4. The van der Waals surface area contributed by atoms with Crippen LogP contribution in [0.25, 0.3) is 0 Å². The molecule has 0 fully saturated rings. The minimum absolute atomic E-state index is 0.313. The lowest BCUT2D eigenvalue weighted by molar-refractivity contribution is -0.0579. The number of rotatable bonds is 6. The highest BCUT2D eigenvalue weighted by atomic mass is 32.4. The van der Waals surface area contributed by atoms with Crippen molar-refractivity contribution < 1.29 is 13.3 Å². The van der Waals surface area contributed by atoms with Crippen molar-refractivity contribution in [3.63, 3.8) is 0 Å². The van der Waals surface area contributed by atoms with Gasteiger partial charge in [-0.1, -0.05) is 11.2 Å². The van der Waals surface area contributed by atoms with Crippen LogP contribution in [0.1, 0.15) is 76.2 Å². The minimum Gasteiger partial charge on any atom is -0.360 e. The zero-order valence-corrected chi connectivity index (χ0v) is 18.2. The van der Waals surface area contributed by atoms with E-state index in [9.17, 15) is 0 Å². The standard InChI is InChI=1S/C16H37NO3SSi/c1-13(2,3)18-22(19-14(4,5)6,20-15(7,8)9)21-12-16(10,11)17/h12,17H2,1-11H3. The highest BCUT2D eigenvalue weighted by Gasteiger charge is 2.52.